The van der Waals surface area contributed by atoms with E-state index in [2.05, 4.69) is 39.3 Å². The number of aliphatic imine (C=N–C) groups is 1. The van der Waals surface area contributed by atoms with E-state index in [1.165, 1.54) is 6.42 Å². The monoisotopic (exact) mass is 528 g/mol. The summed E-state index contributed by atoms with van der Waals surface area (Å²) in [6, 6.07) is -0.921. The molecule has 2 aliphatic heterocycles. The first-order chi connectivity index (χ1) is 14.8. The third-order valence-electron chi connectivity index (χ3n) is 3.65. The van der Waals surface area contributed by atoms with Gasteiger partial charge in [-0.2, -0.15) is 21.2 Å². The zero-order valence-electron chi connectivity index (χ0n) is 15.5. The summed E-state index contributed by atoms with van der Waals surface area (Å²) in [6.07, 6.45) is -4.05. The highest BCUT2D eigenvalue weighted by Crippen LogP contribution is 2.76. The Morgan fingerprint density at radius 3 is 2.50 bits per heavy atom. The topological polar surface area (TPSA) is 322 Å². The van der Waals surface area contributed by atoms with Gasteiger partial charge in [-0.15, -0.1) is 9.10 Å². The van der Waals surface area contributed by atoms with E-state index in [1.54, 1.807) is 0 Å². The smallest absolute Gasteiger partial charge is 0.600 e. The highest BCUT2D eigenvalue weighted by atomic mass is 31.3. The van der Waals surface area contributed by atoms with Crippen molar-refractivity contribution in [1.82, 2.24) is 0 Å². The van der Waals surface area contributed by atoms with Gasteiger partial charge in [0.25, 0.3) is 6.21 Å². The van der Waals surface area contributed by atoms with Crippen LogP contribution in [0.15, 0.2) is 4.99 Å². The molecule has 0 aliphatic carbocycles. The maximum Gasteiger partial charge on any atom is 0.671 e. The van der Waals surface area contributed by atoms with Crippen molar-refractivity contribution in [1.29, 1.82) is 0 Å². The number of urea groups is 1. The number of phosphoric acid groups is 2. The van der Waals surface area contributed by atoms with Crippen LogP contribution in [0.25, 0.3) is 0 Å². The largest absolute Gasteiger partial charge is 0.671 e. The third-order valence-corrected chi connectivity index (χ3v) is 8.13. The van der Waals surface area contributed by atoms with Crippen LogP contribution in [0, 0.1) is 6.42 Å². The zero-order chi connectivity index (χ0) is 24.3. The Morgan fingerprint density at radius 2 is 1.97 bits per heavy atom. The zero-order valence-corrected chi connectivity index (χ0v) is 18.2. The van der Waals surface area contributed by atoms with Crippen LogP contribution in [-0.4, -0.2) is 68.9 Å². The Hall–Kier alpha value is -0.830. The van der Waals surface area contributed by atoms with Gasteiger partial charge in [0, 0.05) is 0 Å². The lowest BCUT2D eigenvalue weighted by Gasteiger charge is -2.21. The molecule has 1 saturated heterocycles. The van der Waals surface area contributed by atoms with Gasteiger partial charge >= 0.3 is 36.0 Å². The molecule has 20 nitrogen and oxygen atoms in total. The van der Waals surface area contributed by atoms with Crippen molar-refractivity contribution in [3.05, 3.63) is 6.42 Å². The molecule has 0 spiro atoms. The van der Waals surface area contributed by atoms with E-state index in [1.807, 2.05) is 0 Å². The highest BCUT2D eigenvalue weighted by Gasteiger charge is 2.65. The summed E-state index contributed by atoms with van der Waals surface area (Å²) in [6.45, 7) is -0.935. The molecule has 1 radical (unpaired) electrons. The van der Waals surface area contributed by atoms with E-state index in [4.69, 9.17) is 25.8 Å². The van der Waals surface area contributed by atoms with Crippen LogP contribution in [0.1, 0.15) is 0 Å². The fraction of sp³-hybridized carbons (Fsp3) is 0.556. The number of rotatable bonds is 11. The quantitative estimate of drug-likeness (QED) is 0.0584. The van der Waals surface area contributed by atoms with Crippen molar-refractivity contribution >= 4 is 42.2 Å². The molecule has 2 heterocycles. The number of aliphatic hydroxyl groups is 2. The van der Waals surface area contributed by atoms with Crippen molar-refractivity contribution in [2.24, 2.45) is 28.4 Å². The molecule has 2 rings (SSSR count). The van der Waals surface area contributed by atoms with Gasteiger partial charge in [0.1, 0.15) is 24.9 Å². The van der Waals surface area contributed by atoms with Crippen LogP contribution < -0.4 is 28.3 Å². The van der Waals surface area contributed by atoms with Gasteiger partial charge in [-0.25, -0.2) is 10.5 Å². The molecule has 2 aliphatic rings. The van der Waals surface area contributed by atoms with Crippen molar-refractivity contribution in [3.63, 3.8) is 0 Å². The average Bonchev–Trinajstić information content (AvgIpc) is 3.00. The second kappa shape index (κ2) is 10.6. The van der Waals surface area contributed by atoms with Crippen LogP contribution in [0.5, 0.6) is 0 Å². The molecular formula is C9H19N6O14P3+3. The molecule has 2 amide bonds. The Morgan fingerprint density at radius 1 is 1.31 bits per heavy atom. The maximum atomic E-state index is 12.4. The van der Waals surface area contributed by atoms with Crippen molar-refractivity contribution in [2.45, 2.75) is 24.5 Å². The number of amides is 2. The molecule has 181 valence electrons. The number of nitrogens with two attached hydrogens (primary N) is 4. The van der Waals surface area contributed by atoms with Gasteiger partial charge in [0.15, 0.2) is 0 Å². The first-order valence-electron chi connectivity index (χ1n) is 7.90. The normalized spacial score (nSPS) is 31.7. The molecule has 0 saturated carbocycles. The van der Waals surface area contributed by atoms with Crippen molar-refractivity contribution in [2.75, 3.05) is 6.61 Å². The summed E-state index contributed by atoms with van der Waals surface area (Å²) >= 11 is 0. The summed E-state index contributed by atoms with van der Waals surface area (Å²) in [5, 5.41) is 20.3. The van der Waals surface area contributed by atoms with Gasteiger partial charge in [0.2, 0.25) is 12.6 Å². The number of hydrogen-bond donors (Lipinski definition) is 7. The van der Waals surface area contributed by atoms with E-state index in [9.17, 15) is 29.4 Å². The van der Waals surface area contributed by atoms with E-state index < -0.39 is 61.3 Å². The Bertz CT molecular complexity index is 819. The molecule has 0 bridgehead atoms. The lowest BCUT2D eigenvalue weighted by atomic mass is 10.1. The van der Waals surface area contributed by atoms with Crippen LogP contribution in [-0.2, 0) is 41.2 Å². The molecule has 0 aromatic carbocycles. The van der Waals surface area contributed by atoms with Crippen LogP contribution in [0.4, 0.5) is 4.79 Å². The predicted molar refractivity (Wildman–Crippen MR) is 96.6 cm³/mol. The van der Waals surface area contributed by atoms with Gasteiger partial charge in [-0.1, -0.05) is 13.6 Å². The average molecular weight is 528 g/mol. The molecule has 0 aromatic heterocycles. The van der Waals surface area contributed by atoms with E-state index in [0.717, 1.165) is 10.8 Å². The summed E-state index contributed by atoms with van der Waals surface area (Å²) in [7, 11) is -15.8. The van der Waals surface area contributed by atoms with E-state index in [0.29, 0.717) is 0 Å². The predicted octanol–water partition coefficient (Wildman–Crippen LogP) is -3.82. The Kier molecular flexibility index (Phi) is 9.10. The van der Waals surface area contributed by atoms with E-state index in [-0.39, 0.29) is 5.84 Å². The molecule has 11 N–H and O–H groups in total. The molecule has 23 heteroatoms. The van der Waals surface area contributed by atoms with Crippen molar-refractivity contribution < 1.29 is 70.6 Å². The fourth-order valence-corrected chi connectivity index (χ4v) is 5.85. The Balaban J connectivity index is 2.06. The number of aliphatic hydroxyl groups excluding tert-OH is 2. The summed E-state index contributed by atoms with van der Waals surface area (Å²) in [5.74, 6) is 13.7. The molecule has 1 fully saturated rings. The summed E-state index contributed by atoms with van der Waals surface area (Å²) < 4.78 is 41.4. The number of nitrogens with zero attached hydrogens (tertiary/aromatic N) is 2. The van der Waals surface area contributed by atoms with Gasteiger partial charge < -0.3 is 25.6 Å². The van der Waals surface area contributed by atoms with Gasteiger partial charge in [-0.05, 0) is 0 Å². The number of hydrogen-bond acceptors (Lipinski definition) is 16. The molecule has 3 unspecified atom stereocenters. The minimum Gasteiger partial charge on any atom is -0.600 e. The second-order valence-electron chi connectivity index (χ2n) is 5.73. The minimum absolute atomic E-state index is 0.112. The van der Waals surface area contributed by atoms with Gasteiger partial charge in [-0.3, -0.25) is 4.89 Å². The van der Waals surface area contributed by atoms with Crippen LogP contribution >= 0.6 is 24.2 Å². The number of amidine groups is 1. The minimum atomic E-state index is -5.39. The molecule has 32 heavy (non-hydrogen) atoms. The number of carbonyl (C=O) groups is 1. The third kappa shape index (κ3) is 6.61. The molecular weight excluding hydrogens is 509 g/mol. The standard InChI is InChI=1S/C9H17N6O14P3/c10-5-1-2-15(9(18)14-5)8-7(17)6(16)4(24-8)3-23-31(21,26-12)29-32(22,27-13)28-30(19,20)25-11/h1-2,4,6-8,16-17H,3,11-13H2,(H-2,10,14,18,19,20)/q+1/p+2/t4-,6-,7-,8-,31?,32?/m1/s1. The Labute approximate surface area is 179 Å². The van der Waals surface area contributed by atoms with Crippen LogP contribution in [0.2, 0.25) is 0 Å². The van der Waals surface area contributed by atoms with E-state index >= 15 is 0 Å². The summed E-state index contributed by atoms with van der Waals surface area (Å²) in [4.78, 5) is 49.0. The highest BCUT2D eigenvalue weighted by molar-refractivity contribution is 7.72. The lowest BCUT2D eigenvalue weighted by Crippen LogP contribution is -2.43. The molecule has 0 aromatic rings. The maximum absolute atomic E-state index is 12.4. The second-order valence-corrected chi connectivity index (χ2v) is 10.6. The lowest BCUT2D eigenvalue weighted by molar-refractivity contribution is -0.532. The first kappa shape index (κ1) is 27.4. The number of carbonyl (C=O) groups excluding carboxylic acids is 1. The summed E-state index contributed by atoms with van der Waals surface area (Å²) in [5.41, 5.74) is 5.37. The molecule has 7 atom stereocenters. The first-order valence-corrected chi connectivity index (χ1v) is 12.3. The van der Waals surface area contributed by atoms with Crippen molar-refractivity contribution in [3.8, 4) is 0 Å². The SMILES string of the molecule is NOP(=O)(O)O[P+]([O-])(ON)O[P+]([O])(ON)OC[C@H]1O[C@@H]([N+]2=C[CH+]C(N)=NC2=O)[C@H](O)[C@@H]1O. The van der Waals surface area contributed by atoms with Gasteiger partial charge in [0.05, 0.1) is 14.2 Å². The number of ether oxygens (including phenoxy) is 1. The fourth-order valence-electron chi connectivity index (χ4n) is 2.28. The van der Waals surface area contributed by atoms with Crippen LogP contribution in [0.3, 0.4) is 0 Å².